The smallest absolute Gasteiger partial charge is 0.162 e. The summed E-state index contributed by atoms with van der Waals surface area (Å²) in [6.45, 7) is 0. The van der Waals surface area contributed by atoms with Gasteiger partial charge in [-0.05, 0) is 30.2 Å². The highest BCUT2D eigenvalue weighted by molar-refractivity contribution is 9.10. The zero-order valence-electron chi connectivity index (χ0n) is 9.94. The van der Waals surface area contributed by atoms with Gasteiger partial charge in [-0.15, -0.1) is 0 Å². The van der Waals surface area contributed by atoms with Crippen LogP contribution in [-0.4, -0.2) is 0 Å². The van der Waals surface area contributed by atoms with Gasteiger partial charge in [-0.2, -0.15) is 0 Å². The molecule has 0 N–H and O–H groups in total. The molecule has 0 aliphatic carbocycles. The summed E-state index contributed by atoms with van der Waals surface area (Å²) < 4.78 is 54.5. The largest absolute Gasteiger partial charge is 0.207 e. The molecule has 0 nitrogen and oxygen atoms in total. The number of rotatable bonds is 3. The molecular formula is C14H8Br2F4. The second-order valence-electron chi connectivity index (χ2n) is 4.17. The van der Waals surface area contributed by atoms with Crippen molar-refractivity contribution in [3.8, 4) is 0 Å². The molecule has 0 aliphatic rings. The summed E-state index contributed by atoms with van der Waals surface area (Å²) in [5.74, 6) is -3.50. The zero-order valence-corrected chi connectivity index (χ0v) is 13.1. The molecule has 0 heterocycles. The minimum absolute atomic E-state index is 0.0496. The highest BCUT2D eigenvalue weighted by atomic mass is 79.9. The quantitative estimate of drug-likeness (QED) is 0.450. The van der Waals surface area contributed by atoms with E-state index in [2.05, 4.69) is 31.9 Å². The fourth-order valence-electron chi connectivity index (χ4n) is 1.85. The summed E-state index contributed by atoms with van der Waals surface area (Å²) in [5.41, 5.74) is -0.162. The number of benzene rings is 2. The third-order valence-corrected chi connectivity index (χ3v) is 4.03. The fraction of sp³-hybridized carbons (Fsp3) is 0.143. The van der Waals surface area contributed by atoms with Gasteiger partial charge in [0.25, 0.3) is 0 Å². The van der Waals surface area contributed by atoms with Crippen LogP contribution in [-0.2, 0) is 6.42 Å². The second kappa shape index (κ2) is 6.26. The molecule has 1 unspecified atom stereocenters. The third-order valence-electron chi connectivity index (χ3n) is 2.79. The molecule has 6 heteroatoms. The molecule has 0 saturated carbocycles. The van der Waals surface area contributed by atoms with E-state index in [1.165, 1.54) is 12.1 Å². The van der Waals surface area contributed by atoms with Crippen molar-refractivity contribution < 1.29 is 17.6 Å². The Labute approximate surface area is 130 Å². The average molecular weight is 412 g/mol. The van der Waals surface area contributed by atoms with Crippen LogP contribution in [0.2, 0.25) is 0 Å². The van der Waals surface area contributed by atoms with Crippen LogP contribution in [0.5, 0.6) is 0 Å². The number of alkyl halides is 1. The van der Waals surface area contributed by atoms with Gasteiger partial charge in [0.1, 0.15) is 11.6 Å². The SMILES string of the molecule is Fc1cccc(CC(Br)c2c(F)cc(Br)cc2F)c1F. The summed E-state index contributed by atoms with van der Waals surface area (Å²) in [6, 6.07) is 5.95. The Morgan fingerprint density at radius 1 is 0.950 bits per heavy atom. The van der Waals surface area contributed by atoms with Crippen LogP contribution >= 0.6 is 31.9 Å². The molecule has 0 amide bonds. The van der Waals surface area contributed by atoms with E-state index < -0.39 is 28.1 Å². The molecule has 1 atom stereocenters. The predicted molar refractivity (Wildman–Crippen MR) is 75.8 cm³/mol. The standard InChI is InChI=1S/C14H8Br2F4/c15-8-5-11(18)13(12(19)6-8)9(16)4-7-2-1-3-10(17)14(7)20/h1-3,5-6,9H,4H2. The number of hydrogen-bond donors (Lipinski definition) is 0. The first-order valence-electron chi connectivity index (χ1n) is 5.61. The van der Waals surface area contributed by atoms with Gasteiger partial charge in [0.2, 0.25) is 0 Å². The van der Waals surface area contributed by atoms with E-state index in [4.69, 9.17) is 0 Å². The Morgan fingerprint density at radius 2 is 1.55 bits per heavy atom. The molecule has 106 valence electrons. The summed E-state index contributed by atoms with van der Waals surface area (Å²) in [5, 5.41) is 0. The molecule has 2 aromatic rings. The molecule has 20 heavy (non-hydrogen) atoms. The highest BCUT2D eigenvalue weighted by Crippen LogP contribution is 2.33. The summed E-state index contributed by atoms with van der Waals surface area (Å²) in [6.07, 6.45) is -0.0704. The van der Waals surface area contributed by atoms with Crippen molar-refractivity contribution >= 4 is 31.9 Å². The summed E-state index contributed by atoms with van der Waals surface area (Å²) in [4.78, 5) is -0.799. The van der Waals surface area contributed by atoms with Crippen LogP contribution < -0.4 is 0 Å². The zero-order chi connectivity index (χ0) is 14.9. The Kier molecular flexibility index (Phi) is 4.86. The van der Waals surface area contributed by atoms with Crippen LogP contribution in [0.15, 0.2) is 34.8 Å². The maximum Gasteiger partial charge on any atom is 0.162 e. The first kappa shape index (κ1) is 15.5. The van der Waals surface area contributed by atoms with Crippen molar-refractivity contribution in [1.29, 1.82) is 0 Å². The van der Waals surface area contributed by atoms with Crippen LogP contribution in [0.1, 0.15) is 16.0 Å². The van der Waals surface area contributed by atoms with Crippen LogP contribution in [0.4, 0.5) is 17.6 Å². The average Bonchev–Trinajstić information content (AvgIpc) is 2.33. The lowest BCUT2D eigenvalue weighted by Crippen LogP contribution is -2.04. The number of halogens is 6. The van der Waals surface area contributed by atoms with Crippen molar-refractivity contribution in [2.45, 2.75) is 11.2 Å². The van der Waals surface area contributed by atoms with E-state index >= 15 is 0 Å². The van der Waals surface area contributed by atoms with E-state index in [9.17, 15) is 17.6 Å². The fourth-order valence-corrected chi connectivity index (χ4v) is 3.04. The first-order valence-corrected chi connectivity index (χ1v) is 7.32. The first-order chi connectivity index (χ1) is 9.40. The minimum atomic E-state index is -1.00. The Balaban J connectivity index is 2.33. The molecule has 2 rings (SSSR count). The summed E-state index contributed by atoms with van der Waals surface area (Å²) >= 11 is 6.10. The Morgan fingerprint density at radius 3 is 2.15 bits per heavy atom. The lowest BCUT2D eigenvalue weighted by Gasteiger charge is -2.13. The van der Waals surface area contributed by atoms with E-state index in [1.807, 2.05) is 0 Å². The van der Waals surface area contributed by atoms with Gasteiger partial charge in [0, 0.05) is 14.9 Å². The number of hydrogen-bond acceptors (Lipinski definition) is 0. The molecule has 0 radical (unpaired) electrons. The van der Waals surface area contributed by atoms with Gasteiger partial charge in [-0.25, -0.2) is 17.6 Å². The van der Waals surface area contributed by atoms with Crippen molar-refractivity contribution in [2.75, 3.05) is 0 Å². The molecule has 2 aromatic carbocycles. The Bertz CT molecular complexity index is 620. The van der Waals surface area contributed by atoms with Crippen LogP contribution in [0.25, 0.3) is 0 Å². The Hall–Kier alpha value is -0.880. The van der Waals surface area contributed by atoms with Gasteiger partial charge < -0.3 is 0 Å². The lowest BCUT2D eigenvalue weighted by molar-refractivity contribution is 0.496. The lowest BCUT2D eigenvalue weighted by atomic mass is 10.0. The van der Waals surface area contributed by atoms with Crippen molar-refractivity contribution in [2.24, 2.45) is 0 Å². The molecule has 0 spiro atoms. The molecule has 0 bridgehead atoms. The van der Waals surface area contributed by atoms with E-state index in [-0.39, 0.29) is 22.0 Å². The molecule has 0 fully saturated rings. The normalized spacial score (nSPS) is 12.5. The van der Waals surface area contributed by atoms with E-state index in [0.29, 0.717) is 0 Å². The molecule has 0 aliphatic heterocycles. The third kappa shape index (κ3) is 3.23. The van der Waals surface area contributed by atoms with Gasteiger partial charge in [0.15, 0.2) is 11.6 Å². The van der Waals surface area contributed by atoms with E-state index in [0.717, 1.165) is 18.2 Å². The van der Waals surface area contributed by atoms with Gasteiger partial charge in [0.05, 0.1) is 0 Å². The van der Waals surface area contributed by atoms with Crippen molar-refractivity contribution in [3.05, 3.63) is 69.2 Å². The van der Waals surface area contributed by atoms with Gasteiger partial charge in [-0.1, -0.05) is 44.0 Å². The highest BCUT2D eigenvalue weighted by Gasteiger charge is 2.21. The van der Waals surface area contributed by atoms with Crippen LogP contribution in [0.3, 0.4) is 0 Å². The monoisotopic (exact) mass is 410 g/mol. The predicted octanol–water partition coefficient (Wildman–Crippen LogP) is 5.68. The van der Waals surface area contributed by atoms with Gasteiger partial charge >= 0.3 is 0 Å². The summed E-state index contributed by atoms with van der Waals surface area (Å²) in [7, 11) is 0. The maximum atomic E-state index is 13.8. The maximum absolute atomic E-state index is 13.8. The molecule has 0 aromatic heterocycles. The topological polar surface area (TPSA) is 0 Å². The van der Waals surface area contributed by atoms with Crippen LogP contribution in [0, 0.1) is 23.3 Å². The molecule has 0 saturated heterocycles. The molecular weight excluding hydrogens is 404 g/mol. The van der Waals surface area contributed by atoms with Crippen molar-refractivity contribution in [3.63, 3.8) is 0 Å². The second-order valence-corrected chi connectivity index (χ2v) is 6.19. The van der Waals surface area contributed by atoms with Crippen molar-refractivity contribution in [1.82, 2.24) is 0 Å². The minimum Gasteiger partial charge on any atom is -0.207 e. The van der Waals surface area contributed by atoms with Gasteiger partial charge in [-0.3, -0.25) is 0 Å². The van der Waals surface area contributed by atoms with E-state index in [1.54, 1.807) is 0 Å².